The van der Waals surface area contributed by atoms with Gasteiger partial charge in [0.05, 0.1) is 24.4 Å². The van der Waals surface area contributed by atoms with E-state index in [4.69, 9.17) is 16.3 Å². The molecule has 1 aromatic carbocycles. The summed E-state index contributed by atoms with van der Waals surface area (Å²) in [5, 5.41) is 7.80. The molecule has 198 valence electrons. The van der Waals surface area contributed by atoms with Gasteiger partial charge < -0.3 is 9.72 Å². The highest BCUT2D eigenvalue weighted by Crippen LogP contribution is 2.39. The Kier molecular flexibility index (Phi) is 7.32. The number of hydrazine groups is 1. The number of H-pyrrole nitrogens is 1. The molecule has 0 bridgehead atoms. The van der Waals surface area contributed by atoms with Gasteiger partial charge in [-0.25, -0.2) is 15.0 Å². The molecule has 3 atom stereocenters. The van der Waals surface area contributed by atoms with Gasteiger partial charge in [0, 0.05) is 60.2 Å². The molecule has 5 heterocycles. The van der Waals surface area contributed by atoms with Gasteiger partial charge in [-0.2, -0.15) is 0 Å². The molecule has 7 nitrogen and oxygen atoms in total. The highest BCUT2D eigenvalue weighted by molar-refractivity contribution is 6.30. The Morgan fingerprint density at radius 2 is 2.00 bits per heavy atom. The van der Waals surface area contributed by atoms with E-state index in [2.05, 4.69) is 37.1 Å². The second kappa shape index (κ2) is 11.0. The molecule has 2 fully saturated rings. The van der Waals surface area contributed by atoms with Gasteiger partial charge in [-0.15, -0.1) is 0 Å². The first-order valence-electron chi connectivity index (χ1n) is 13.7. The molecule has 6 rings (SSSR count). The summed E-state index contributed by atoms with van der Waals surface area (Å²) >= 11 is 6.01. The summed E-state index contributed by atoms with van der Waals surface area (Å²) in [6, 6.07) is 11.7. The Morgan fingerprint density at radius 3 is 2.84 bits per heavy atom. The third-order valence-electron chi connectivity index (χ3n) is 8.22. The Hall–Kier alpha value is -3.00. The summed E-state index contributed by atoms with van der Waals surface area (Å²) in [5.41, 5.74) is 3.07. The third kappa shape index (κ3) is 5.03. The predicted molar refractivity (Wildman–Crippen MR) is 150 cm³/mol. The second-order valence-corrected chi connectivity index (χ2v) is 11.0. The zero-order chi connectivity index (χ0) is 26.1. The maximum absolute atomic E-state index is 13.3. The van der Waals surface area contributed by atoms with E-state index in [-0.39, 0.29) is 6.04 Å². The van der Waals surface area contributed by atoms with Crippen molar-refractivity contribution in [3.05, 3.63) is 65.6 Å². The van der Waals surface area contributed by atoms with E-state index in [9.17, 15) is 4.79 Å². The van der Waals surface area contributed by atoms with Crippen molar-refractivity contribution in [1.82, 2.24) is 25.0 Å². The largest absolute Gasteiger partial charge is 0.493 e. The van der Waals surface area contributed by atoms with Crippen molar-refractivity contribution in [3.63, 3.8) is 0 Å². The van der Waals surface area contributed by atoms with Crippen LogP contribution in [-0.2, 0) is 4.79 Å². The van der Waals surface area contributed by atoms with Gasteiger partial charge >= 0.3 is 0 Å². The number of hydrogen-bond donors (Lipinski definition) is 1. The van der Waals surface area contributed by atoms with Crippen molar-refractivity contribution < 1.29 is 9.53 Å². The molecule has 8 heteroatoms. The summed E-state index contributed by atoms with van der Waals surface area (Å²) in [6.45, 7) is 5.44. The van der Waals surface area contributed by atoms with Crippen LogP contribution in [0, 0.1) is 5.92 Å². The molecule has 2 aliphatic rings. The van der Waals surface area contributed by atoms with E-state index >= 15 is 0 Å². The molecule has 2 saturated heterocycles. The molecule has 0 saturated carbocycles. The van der Waals surface area contributed by atoms with Gasteiger partial charge in [-0.1, -0.05) is 18.5 Å². The summed E-state index contributed by atoms with van der Waals surface area (Å²) in [4.78, 5) is 25.7. The molecule has 0 radical (unpaired) electrons. The molecule has 38 heavy (non-hydrogen) atoms. The molecule has 0 spiro atoms. The maximum Gasteiger partial charge on any atom is 0.151 e. The van der Waals surface area contributed by atoms with Crippen LogP contribution in [-0.4, -0.2) is 63.0 Å². The van der Waals surface area contributed by atoms with Crippen LogP contribution in [0.4, 0.5) is 0 Å². The summed E-state index contributed by atoms with van der Waals surface area (Å²) in [6.07, 6.45) is 10.3. The number of carbonyl (C=O) groups is 1. The lowest BCUT2D eigenvalue weighted by Crippen LogP contribution is -2.58. The van der Waals surface area contributed by atoms with Crippen LogP contribution in [0.3, 0.4) is 0 Å². The number of carbonyl (C=O) groups excluding carboxylic acids is 1. The number of hydrogen-bond acceptors (Lipinski definition) is 6. The fraction of sp³-hybridized carbons (Fsp3) is 0.433. The summed E-state index contributed by atoms with van der Waals surface area (Å²) in [7, 11) is 0. The average molecular weight is 532 g/mol. The minimum absolute atomic E-state index is 0.110. The zero-order valence-electron chi connectivity index (χ0n) is 21.8. The second-order valence-electron chi connectivity index (χ2n) is 10.6. The number of piperidine rings is 2. The van der Waals surface area contributed by atoms with E-state index in [1.165, 1.54) is 5.56 Å². The fourth-order valence-electron chi connectivity index (χ4n) is 6.28. The Bertz CT molecular complexity index is 1420. The van der Waals surface area contributed by atoms with Crippen molar-refractivity contribution in [2.24, 2.45) is 5.92 Å². The van der Waals surface area contributed by atoms with Crippen molar-refractivity contribution in [2.75, 3.05) is 26.2 Å². The number of nitrogens with zero attached hydrogens (tertiary/aromatic N) is 4. The summed E-state index contributed by atoms with van der Waals surface area (Å²) in [5.74, 6) is 1.89. The van der Waals surface area contributed by atoms with Crippen molar-refractivity contribution in [3.8, 4) is 5.75 Å². The van der Waals surface area contributed by atoms with Gasteiger partial charge in [0.15, 0.2) is 5.78 Å². The highest BCUT2D eigenvalue weighted by atomic mass is 35.5. The lowest BCUT2D eigenvalue weighted by atomic mass is 9.82. The quantitative estimate of drug-likeness (QED) is 0.315. The lowest BCUT2D eigenvalue weighted by molar-refractivity contribution is -0.144. The minimum Gasteiger partial charge on any atom is -0.493 e. The normalized spacial score (nSPS) is 23.2. The van der Waals surface area contributed by atoms with Crippen LogP contribution in [0.25, 0.3) is 21.9 Å². The number of nitrogens with one attached hydrogen (secondary N) is 1. The number of aromatic nitrogens is 3. The first-order valence-corrected chi connectivity index (χ1v) is 14.1. The van der Waals surface area contributed by atoms with E-state index in [0.29, 0.717) is 35.7 Å². The predicted octanol–water partition coefficient (Wildman–Crippen LogP) is 6.00. The lowest BCUT2D eigenvalue weighted by Gasteiger charge is -2.47. The van der Waals surface area contributed by atoms with Crippen molar-refractivity contribution in [2.45, 2.75) is 51.0 Å². The average Bonchev–Trinajstić information content (AvgIpc) is 3.45. The Morgan fingerprint density at radius 1 is 1.13 bits per heavy atom. The van der Waals surface area contributed by atoms with Crippen LogP contribution in [0.15, 0.2) is 55.0 Å². The SMILES string of the molecule is CCC(=O)C1CC(c2ccnc3cnc4[nH]ccc4c23)CCN1N1CCCC(COc2ccc(Cl)cc2)C1. The number of rotatable bonds is 7. The number of ether oxygens (including phenoxy) is 1. The molecule has 3 aromatic heterocycles. The summed E-state index contributed by atoms with van der Waals surface area (Å²) < 4.78 is 6.09. The van der Waals surface area contributed by atoms with Crippen LogP contribution >= 0.6 is 11.6 Å². The van der Waals surface area contributed by atoms with Crippen LogP contribution < -0.4 is 4.74 Å². The number of ketones is 1. The van der Waals surface area contributed by atoms with Crippen LogP contribution in [0.5, 0.6) is 5.75 Å². The van der Waals surface area contributed by atoms with E-state index in [1.807, 2.05) is 49.8 Å². The number of aromatic amines is 1. The smallest absolute Gasteiger partial charge is 0.151 e. The number of halogens is 1. The first-order chi connectivity index (χ1) is 18.6. The number of Topliss-reactive ketones (excluding diaryl/α,β-unsaturated/α-hetero) is 1. The minimum atomic E-state index is -0.110. The molecule has 0 aliphatic carbocycles. The number of pyridine rings is 2. The van der Waals surface area contributed by atoms with E-state index in [0.717, 1.165) is 73.0 Å². The highest BCUT2D eigenvalue weighted by Gasteiger charge is 2.38. The maximum atomic E-state index is 13.3. The first kappa shape index (κ1) is 25.3. The molecule has 0 amide bonds. The Labute approximate surface area is 228 Å². The van der Waals surface area contributed by atoms with E-state index in [1.54, 1.807) is 0 Å². The fourth-order valence-corrected chi connectivity index (χ4v) is 6.41. The standard InChI is InChI=1S/C30H34ClN5O2/c1-2-28(37)27-16-21(24-9-12-32-26-17-34-30-25(29(24)26)10-13-33-30)11-15-36(27)35-14-3-4-20(18-35)19-38-23-7-5-22(31)6-8-23/h5-10,12-13,17,20-21,27H,2-4,11,14-16,18-19H2,1H3,(H,33,34). The molecule has 4 aromatic rings. The van der Waals surface area contributed by atoms with Gasteiger partial charge in [-0.3, -0.25) is 9.78 Å². The topological polar surface area (TPSA) is 74.4 Å². The van der Waals surface area contributed by atoms with Crippen LogP contribution in [0.1, 0.15) is 50.5 Å². The number of fused-ring (bicyclic) bond motifs is 3. The van der Waals surface area contributed by atoms with Crippen molar-refractivity contribution in [1.29, 1.82) is 0 Å². The monoisotopic (exact) mass is 531 g/mol. The number of benzene rings is 1. The van der Waals surface area contributed by atoms with Gasteiger partial charge in [0.1, 0.15) is 11.4 Å². The van der Waals surface area contributed by atoms with Gasteiger partial charge in [0.25, 0.3) is 0 Å². The molecular formula is C30H34ClN5O2. The Balaban J connectivity index is 1.20. The van der Waals surface area contributed by atoms with E-state index < -0.39 is 0 Å². The van der Waals surface area contributed by atoms with Crippen LogP contribution in [0.2, 0.25) is 5.02 Å². The molecular weight excluding hydrogens is 498 g/mol. The van der Waals surface area contributed by atoms with Crippen molar-refractivity contribution >= 4 is 39.3 Å². The molecule has 1 N–H and O–H groups in total. The molecule has 2 aliphatic heterocycles. The zero-order valence-corrected chi connectivity index (χ0v) is 22.5. The van der Waals surface area contributed by atoms with Gasteiger partial charge in [-0.05, 0) is 73.6 Å². The third-order valence-corrected chi connectivity index (χ3v) is 8.47. The molecule has 3 unspecified atom stereocenters. The van der Waals surface area contributed by atoms with Gasteiger partial charge in [0.2, 0.25) is 0 Å².